The lowest BCUT2D eigenvalue weighted by Crippen LogP contribution is -2.22. The molecule has 0 unspecified atom stereocenters. The molecular formula is C10H14N2O3S. The molecule has 6 heteroatoms. The molecule has 0 aliphatic carbocycles. The van der Waals surface area contributed by atoms with Gasteiger partial charge in [-0.15, -0.1) is 0 Å². The summed E-state index contributed by atoms with van der Waals surface area (Å²) in [6, 6.07) is 0. The molecule has 0 radical (unpaired) electrons. The van der Waals surface area contributed by atoms with Gasteiger partial charge in [0.05, 0.1) is 23.8 Å². The molecule has 2 heterocycles. The third kappa shape index (κ3) is 2.22. The molecule has 88 valence electrons. The number of aliphatic hydroxyl groups is 1. The Kier molecular flexibility index (Phi) is 2.94. The summed E-state index contributed by atoms with van der Waals surface area (Å²) in [5.74, 6) is 0.712. The van der Waals surface area contributed by atoms with Gasteiger partial charge < -0.3 is 5.11 Å². The molecule has 5 nitrogen and oxygen atoms in total. The standard InChI is InChI=1S/C10H14N2O3S/c1-7-8-3-5-16(14,15)6-9(8)12-10(11-7)2-4-13/h13H,2-6H2,1H3. The van der Waals surface area contributed by atoms with Crippen LogP contribution in [-0.2, 0) is 28.4 Å². The Hall–Kier alpha value is -1.01. The maximum Gasteiger partial charge on any atom is 0.156 e. The molecule has 1 aliphatic rings. The summed E-state index contributed by atoms with van der Waals surface area (Å²) in [6.07, 6.45) is 0.872. The zero-order chi connectivity index (χ0) is 11.8. The van der Waals surface area contributed by atoms with Crippen LogP contribution in [0.1, 0.15) is 22.8 Å². The maximum absolute atomic E-state index is 11.5. The summed E-state index contributed by atoms with van der Waals surface area (Å²) >= 11 is 0. The number of fused-ring (bicyclic) bond motifs is 1. The fourth-order valence-electron chi connectivity index (χ4n) is 1.91. The minimum atomic E-state index is -3.00. The summed E-state index contributed by atoms with van der Waals surface area (Å²) in [5.41, 5.74) is 2.40. The van der Waals surface area contributed by atoms with Crippen LogP contribution in [-0.4, -0.2) is 35.9 Å². The summed E-state index contributed by atoms with van der Waals surface area (Å²) in [5, 5.41) is 8.82. The van der Waals surface area contributed by atoms with Gasteiger partial charge in [0.1, 0.15) is 5.82 Å². The summed E-state index contributed by atoms with van der Waals surface area (Å²) in [7, 11) is -3.00. The van der Waals surface area contributed by atoms with Crippen LogP contribution in [0.4, 0.5) is 0 Å². The smallest absolute Gasteiger partial charge is 0.156 e. The number of rotatable bonds is 2. The van der Waals surface area contributed by atoms with E-state index in [1.807, 2.05) is 6.92 Å². The van der Waals surface area contributed by atoms with E-state index < -0.39 is 9.84 Å². The highest BCUT2D eigenvalue weighted by Crippen LogP contribution is 2.21. The third-order valence-corrected chi connectivity index (χ3v) is 4.24. The minimum Gasteiger partial charge on any atom is -0.396 e. The highest BCUT2D eigenvalue weighted by Gasteiger charge is 2.24. The predicted molar refractivity (Wildman–Crippen MR) is 58.8 cm³/mol. The van der Waals surface area contributed by atoms with Crippen molar-refractivity contribution in [2.45, 2.75) is 25.5 Å². The molecule has 0 amide bonds. The second-order valence-corrected chi connectivity index (χ2v) is 6.15. The molecule has 1 aromatic rings. The number of aryl methyl sites for hydroxylation is 1. The summed E-state index contributed by atoms with van der Waals surface area (Å²) in [4.78, 5) is 8.47. The molecule has 0 bridgehead atoms. The SMILES string of the molecule is Cc1nc(CCO)nc2c1CCS(=O)(=O)C2. The van der Waals surface area contributed by atoms with Crippen molar-refractivity contribution in [2.24, 2.45) is 0 Å². The fourth-order valence-corrected chi connectivity index (χ4v) is 3.23. The number of hydrogen-bond acceptors (Lipinski definition) is 5. The highest BCUT2D eigenvalue weighted by molar-refractivity contribution is 7.90. The van der Waals surface area contributed by atoms with Crippen molar-refractivity contribution < 1.29 is 13.5 Å². The molecule has 0 aromatic carbocycles. The first-order valence-corrected chi connectivity index (χ1v) is 7.00. The van der Waals surface area contributed by atoms with Gasteiger partial charge in [-0.1, -0.05) is 0 Å². The Morgan fingerprint density at radius 2 is 2.12 bits per heavy atom. The van der Waals surface area contributed by atoms with Crippen LogP contribution in [0.3, 0.4) is 0 Å². The Morgan fingerprint density at radius 1 is 1.38 bits per heavy atom. The Labute approximate surface area is 94.5 Å². The zero-order valence-electron chi connectivity index (χ0n) is 9.10. The second kappa shape index (κ2) is 4.10. The van der Waals surface area contributed by atoms with Gasteiger partial charge in [0.25, 0.3) is 0 Å². The van der Waals surface area contributed by atoms with E-state index in [4.69, 9.17) is 5.11 Å². The van der Waals surface area contributed by atoms with E-state index in [0.717, 1.165) is 11.3 Å². The average Bonchev–Trinajstić information content (AvgIpc) is 2.15. The first-order valence-electron chi connectivity index (χ1n) is 5.18. The Bertz CT molecular complexity index is 511. The van der Waals surface area contributed by atoms with Gasteiger partial charge in [0.15, 0.2) is 9.84 Å². The molecule has 16 heavy (non-hydrogen) atoms. The molecule has 0 saturated carbocycles. The number of sulfone groups is 1. The summed E-state index contributed by atoms with van der Waals surface area (Å²) < 4.78 is 23.0. The maximum atomic E-state index is 11.5. The van der Waals surface area contributed by atoms with E-state index in [1.165, 1.54) is 0 Å². The van der Waals surface area contributed by atoms with Gasteiger partial charge in [-0.25, -0.2) is 18.4 Å². The molecule has 0 fully saturated rings. The Balaban J connectivity index is 2.45. The topological polar surface area (TPSA) is 80.2 Å². The van der Waals surface area contributed by atoms with Crippen molar-refractivity contribution in [2.75, 3.05) is 12.4 Å². The molecule has 2 rings (SSSR count). The van der Waals surface area contributed by atoms with E-state index in [1.54, 1.807) is 0 Å². The average molecular weight is 242 g/mol. The van der Waals surface area contributed by atoms with Crippen molar-refractivity contribution in [1.82, 2.24) is 9.97 Å². The van der Waals surface area contributed by atoms with Gasteiger partial charge in [0.2, 0.25) is 0 Å². The zero-order valence-corrected chi connectivity index (χ0v) is 9.92. The first kappa shape index (κ1) is 11.5. The van der Waals surface area contributed by atoms with Crippen LogP contribution in [0.2, 0.25) is 0 Å². The van der Waals surface area contributed by atoms with Crippen LogP contribution < -0.4 is 0 Å². The number of aromatic nitrogens is 2. The van der Waals surface area contributed by atoms with Crippen molar-refractivity contribution >= 4 is 9.84 Å². The van der Waals surface area contributed by atoms with Gasteiger partial charge >= 0.3 is 0 Å². The van der Waals surface area contributed by atoms with Gasteiger partial charge in [-0.3, -0.25) is 0 Å². The van der Waals surface area contributed by atoms with Crippen molar-refractivity contribution in [3.8, 4) is 0 Å². The molecular weight excluding hydrogens is 228 g/mol. The quantitative estimate of drug-likeness (QED) is 0.776. The lowest BCUT2D eigenvalue weighted by Gasteiger charge is -2.17. The molecule has 0 atom stereocenters. The van der Waals surface area contributed by atoms with Crippen LogP contribution in [0, 0.1) is 6.92 Å². The first-order chi connectivity index (χ1) is 7.52. The predicted octanol–water partition coefficient (Wildman–Crippen LogP) is -0.209. The van der Waals surface area contributed by atoms with Crippen LogP contribution in [0.15, 0.2) is 0 Å². The van der Waals surface area contributed by atoms with E-state index in [0.29, 0.717) is 24.4 Å². The van der Waals surface area contributed by atoms with Gasteiger partial charge in [-0.2, -0.15) is 0 Å². The lowest BCUT2D eigenvalue weighted by molar-refractivity contribution is 0.296. The fraction of sp³-hybridized carbons (Fsp3) is 0.600. The second-order valence-electron chi connectivity index (χ2n) is 3.97. The van der Waals surface area contributed by atoms with E-state index >= 15 is 0 Å². The van der Waals surface area contributed by atoms with Gasteiger partial charge in [0, 0.05) is 12.1 Å². The Morgan fingerprint density at radius 3 is 2.81 bits per heavy atom. The lowest BCUT2D eigenvalue weighted by atomic mass is 10.1. The highest BCUT2D eigenvalue weighted by atomic mass is 32.2. The van der Waals surface area contributed by atoms with Crippen LogP contribution >= 0.6 is 0 Å². The van der Waals surface area contributed by atoms with Crippen molar-refractivity contribution in [1.29, 1.82) is 0 Å². The van der Waals surface area contributed by atoms with E-state index in [9.17, 15) is 8.42 Å². The summed E-state index contributed by atoms with van der Waals surface area (Å²) in [6.45, 7) is 1.84. The number of aliphatic hydroxyl groups excluding tert-OH is 1. The van der Waals surface area contributed by atoms with Gasteiger partial charge in [-0.05, 0) is 18.9 Å². The largest absolute Gasteiger partial charge is 0.396 e. The van der Waals surface area contributed by atoms with E-state index in [-0.39, 0.29) is 18.1 Å². The molecule has 1 aliphatic heterocycles. The van der Waals surface area contributed by atoms with Crippen LogP contribution in [0.5, 0.6) is 0 Å². The molecule has 0 spiro atoms. The van der Waals surface area contributed by atoms with E-state index in [2.05, 4.69) is 9.97 Å². The third-order valence-electron chi connectivity index (χ3n) is 2.70. The number of hydrogen-bond donors (Lipinski definition) is 1. The van der Waals surface area contributed by atoms with Crippen molar-refractivity contribution in [3.63, 3.8) is 0 Å². The minimum absolute atomic E-state index is 0.00409. The monoisotopic (exact) mass is 242 g/mol. The normalized spacial score (nSPS) is 18.1. The molecule has 0 saturated heterocycles. The number of nitrogens with zero attached hydrogens (tertiary/aromatic N) is 2. The molecule has 1 aromatic heterocycles. The van der Waals surface area contributed by atoms with Crippen LogP contribution in [0.25, 0.3) is 0 Å². The van der Waals surface area contributed by atoms with Crippen molar-refractivity contribution in [3.05, 3.63) is 22.8 Å². The molecule has 1 N–H and O–H groups in total.